The van der Waals surface area contributed by atoms with Gasteiger partial charge in [0.05, 0.1) is 22.9 Å². The molecule has 1 N–H and O–H groups in total. The van der Waals surface area contributed by atoms with Gasteiger partial charge in [-0.3, -0.25) is 4.79 Å². The molecule has 0 bridgehead atoms. The predicted molar refractivity (Wildman–Crippen MR) is 111 cm³/mol. The van der Waals surface area contributed by atoms with E-state index in [0.29, 0.717) is 28.3 Å². The van der Waals surface area contributed by atoms with Crippen LogP contribution in [0.25, 0.3) is 16.6 Å². The smallest absolute Gasteiger partial charge is 0.267 e. The van der Waals surface area contributed by atoms with Crippen molar-refractivity contribution in [2.24, 2.45) is 5.10 Å². The summed E-state index contributed by atoms with van der Waals surface area (Å²) < 4.78 is 6.93. The maximum absolute atomic E-state index is 13.3. The summed E-state index contributed by atoms with van der Waals surface area (Å²) in [5, 5.41) is 4.92. The van der Waals surface area contributed by atoms with E-state index in [9.17, 15) is 4.79 Å². The third kappa shape index (κ3) is 3.20. The lowest BCUT2D eigenvalue weighted by Crippen LogP contribution is -2.23. The maximum atomic E-state index is 13.3. The summed E-state index contributed by atoms with van der Waals surface area (Å²) in [7, 11) is 0. The quantitative estimate of drug-likeness (QED) is 0.425. The molecule has 0 aliphatic heterocycles. The molecule has 2 heterocycles. The summed E-state index contributed by atoms with van der Waals surface area (Å²) in [6, 6.07) is 16.9. The van der Waals surface area contributed by atoms with Crippen molar-refractivity contribution < 1.29 is 4.42 Å². The minimum Gasteiger partial charge on any atom is -0.463 e. The van der Waals surface area contributed by atoms with Gasteiger partial charge < -0.3 is 4.42 Å². The fourth-order valence-electron chi connectivity index (χ4n) is 3.16. The Hall–Kier alpha value is -3.67. The first-order chi connectivity index (χ1) is 13.5. The molecule has 4 aromatic rings. The highest BCUT2D eigenvalue weighted by molar-refractivity contribution is 5.96. The molecule has 6 nitrogen and oxygen atoms in total. The van der Waals surface area contributed by atoms with Crippen LogP contribution in [0.3, 0.4) is 0 Å². The number of fused-ring (bicyclic) bond motifs is 1. The van der Waals surface area contributed by atoms with Crippen molar-refractivity contribution in [2.75, 3.05) is 5.43 Å². The molecule has 2 aromatic carbocycles. The topological polar surface area (TPSA) is 72.4 Å². The first kappa shape index (κ1) is 17.7. The van der Waals surface area contributed by atoms with Crippen molar-refractivity contribution in [1.82, 2.24) is 9.55 Å². The van der Waals surface area contributed by atoms with E-state index in [-0.39, 0.29) is 5.56 Å². The molecule has 140 valence electrons. The summed E-state index contributed by atoms with van der Waals surface area (Å²) in [6.07, 6.45) is 1.59. The van der Waals surface area contributed by atoms with Crippen molar-refractivity contribution in [3.63, 3.8) is 0 Å². The van der Waals surface area contributed by atoms with Gasteiger partial charge in [0.1, 0.15) is 11.5 Å². The van der Waals surface area contributed by atoms with E-state index >= 15 is 0 Å². The van der Waals surface area contributed by atoms with Gasteiger partial charge in [-0.25, -0.2) is 15.0 Å². The Kier molecular flexibility index (Phi) is 4.53. The lowest BCUT2D eigenvalue weighted by Gasteiger charge is -2.15. The van der Waals surface area contributed by atoms with Gasteiger partial charge in [0.25, 0.3) is 5.56 Å². The molecular weight excluding hydrogens is 352 g/mol. The fourth-order valence-corrected chi connectivity index (χ4v) is 3.16. The number of para-hydroxylation sites is 1. The first-order valence-electron chi connectivity index (χ1n) is 8.98. The van der Waals surface area contributed by atoms with Crippen molar-refractivity contribution >= 4 is 22.6 Å². The number of aryl methyl sites for hydroxylation is 2. The molecule has 0 amide bonds. The largest absolute Gasteiger partial charge is 0.463 e. The van der Waals surface area contributed by atoms with Crippen LogP contribution in [0.1, 0.15) is 23.8 Å². The number of hydrazone groups is 1. The Morgan fingerprint density at radius 3 is 2.68 bits per heavy atom. The van der Waals surface area contributed by atoms with E-state index < -0.39 is 0 Å². The molecule has 0 aliphatic rings. The molecule has 0 fully saturated rings. The second-order valence-corrected chi connectivity index (χ2v) is 6.67. The van der Waals surface area contributed by atoms with Crippen LogP contribution < -0.4 is 11.0 Å². The summed E-state index contributed by atoms with van der Waals surface area (Å²) in [5.74, 6) is 0.996. The summed E-state index contributed by atoms with van der Waals surface area (Å²) in [6.45, 7) is 5.83. The molecular formula is C22H20N4O2. The Morgan fingerprint density at radius 1 is 1.11 bits per heavy atom. The summed E-state index contributed by atoms with van der Waals surface area (Å²) in [4.78, 5) is 17.9. The van der Waals surface area contributed by atoms with Crippen LogP contribution in [0.4, 0.5) is 5.95 Å². The van der Waals surface area contributed by atoms with Gasteiger partial charge in [-0.2, -0.15) is 5.10 Å². The number of anilines is 1. The predicted octanol–water partition coefficient (Wildman–Crippen LogP) is 4.43. The average Bonchev–Trinajstić information content (AvgIpc) is 3.22. The van der Waals surface area contributed by atoms with E-state index in [4.69, 9.17) is 4.42 Å². The minimum absolute atomic E-state index is 0.147. The standard InChI is InChI=1S/C22H20N4O2/c1-14-10-11-19(15(2)13-14)26-21(27)17-7-4-5-8-18(17)23-22(26)25-24-16(3)20-9-6-12-28-20/h4-13H,1-3H3,(H,23,25)/b24-16-. The number of aromatic nitrogens is 2. The highest BCUT2D eigenvalue weighted by atomic mass is 16.3. The van der Waals surface area contributed by atoms with E-state index in [1.807, 2.05) is 63.2 Å². The van der Waals surface area contributed by atoms with Crippen molar-refractivity contribution in [3.05, 3.63) is 88.1 Å². The normalized spacial score (nSPS) is 11.8. The molecule has 0 spiro atoms. The molecule has 2 aromatic heterocycles. The van der Waals surface area contributed by atoms with Crippen LogP contribution in [0, 0.1) is 13.8 Å². The zero-order valence-corrected chi connectivity index (χ0v) is 15.9. The maximum Gasteiger partial charge on any atom is 0.267 e. The van der Waals surface area contributed by atoms with Crippen LogP contribution in [-0.2, 0) is 0 Å². The third-order valence-electron chi connectivity index (χ3n) is 4.57. The SMILES string of the molecule is C/C(=N/Nc1nc2ccccc2c(=O)n1-c1ccc(C)cc1C)c1ccco1. The lowest BCUT2D eigenvalue weighted by atomic mass is 10.1. The van der Waals surface area contributed by atoms with E-state index in [0.717, 1.165) is 16.8 Å². The molecule has 6 heteroatoms. The molecule has 0 radical (unpaired) electrons. The third-order valence-corrected chi connectivity index (χ3v) is 4.57. The zero-order valence-electron chi connectivity index (χ0n) is 15.9. The average molecular weight is 372 g/mol. The summed E-state index contributed by atoms with van der Waals surface area (Å²) >= 11 is 0. The number of hydrogen-bond donors (Lipinski definition) is 1. The van der Waals surface area contributed by atoms with Crippen molar-refractivity contribution in [3.8, 4) is 5.69 Å². The van der Waals surface area contributed by atoms with E-state index in [2.05, 4.69) is 15.5 Å². The number of hydrogen-bond acceptors (Lipinski definition) is 5. The number of rotatable bonds is 4. The molecule has 0 atom stereocenters. The van der Waals surface area contributed by atoms with Crippen LogP contribution >= 0.6 is 0 Å². The summed E-state index contributed by atoms with van der Waals surface area (Å²) in [5.41, 5.74) is 6.95. The van der Waals surface area contributed by atoms with Gasteiger partial charge in [-0.15, -0.1) is 0 Å². The fraction of sp³-hybridized carbons (Fsp3) is 0.136. The number of nitrogens with zero attached hydrogens (tertiary/aromatic N) is 3. The van der Waals surface area contributed by atoms with Crippen molar-refractivity contribution in [2.45, 2.75) is 20.8 Å². The van der Waals surface area contributed by atoms with Gasteiger partial charge in [-0.1, -0.05) is 29.8 Å². The van der Waals surface area contributed by atoms with Crippen LogP contribution in [0.15, 0.2) is 75.2 Å². The van der Waals surface area contributed by atoms with Crippen LogP contribution in [0.2, 0.25) is 0 Å². The van der Waals surface area contributed by atoms with Gasteiger partial charge in [0, 0.05) is 0 Å². The first-order valence-corrected chi connectivity index (χ1v) is 8.98. The second kappa shape index (κ2) is 7.15. The van der Waals surface area contributed by atoms with Gasteiger partial charge >= 0.3 is 0 Å². The van der Waals surface area contributed by atoms with Gasteiger partial charge in [0.2, 0.25) is 5.95 Å². The highest BCUT2D eigenvalue weighted by Gasteiger charge is 2.14. The zero-order chi connectivity index (χ0) is 19.7. The molecule has 0 unspecified atom stereocenters. The number of nitrogens with one attached hydrogen (secondary N) is 1. The second-order valence-electron chi connectivity index (χ2n) is 6.67. The monoisotopic (exact) mass is 372 g/mol. The Morgan fingerprint density at radius 2 is 1.93 bits per heavy atom. The van der Waals surface area contributed by atoms with E-state index in [1.165, 1.54) is 0 Å². The highest BCUT2D eigenvalue weighted by Crippen LogP contribution is 2.20. The lowest BCUT2D eigenvalue weighted by molar-refractivity contribution is 0.557. The van der Waals surface area contributed by atoms with Crippen molar-refractivity contribution in [1.29, 1.82) is 0 Å². The van der Waals surface area contributed by atoms with Crippen LogP contribution in [-0.4, -0.2) is 15.3 Å². The molecule has 0 aliphatic carbocycles. The molecule has 0 saturated heterocycles. The van der Waals surface area contributed by atoms with Gasteiger partial charge in [-0.05, 0) is 56.7 Å². The van der Waals surface area contributed by atoms with Crippen LogP contribution in [0.5, 0.6) is 0 Å². The number of benzene rings is 2. The molecule has 0 saturated carbocycles. The van der Waals surface area contributed by atoms with Gasteiger partial charge in [0.15, 0.2) is 0 Å². The molecule has 4 rings (SSSR count). The Labute approximate surface area is 162 Å². The van der Waals surface area contributed by atoms with E-state index in [1.54, 1.807) is 23.0 Å². The minimum atomic E-state index is -0.147. The Balaban J connectivity index is 1.91. The Bertz CT molecular complexity index is 1240. The number of furan rings is 1. The molecule has 28 heavy (non-hydrogen) atoms.